The molecular weight excluding hydrogens is 398 g/mol. The van der Waals surface area contributed by atoms with Crippen molar-refractivity contribution in [2.75, 3.05) is 6.54 Å². The highest BCUT2D eigenvalue weighted by Crippen LogP contribution is 2.33. The molecule has 2 aromatic carbocycles. The number of amides is 1. The van der Waals surface area contributed by atoms with Crippen molar-refractivity contribution >= 4 is 28.4 Å². The van der Waals surface area contributed by atoms with Gasteiger partial charge in [0.15, 0.2) is 0 Å². The van der Waals surface area contributed by atoms with Gasteiger partial charge in [0.1, 0.15) is 17.5 Å². The van der Waals surface area contributed by atoms with Gasteiger partial charge in [-0.3, -0.25) is 4.79 Å². The van der Waals surface area contributed by atoms with E-state index < -0.39 is 0 Å². The number of benzene rings is 2. The summed E-state index contributed by atoms with van der Waals surface area (Å²) in [7, 11) is 0. The molecule has 0 saturated carbocycles. The van der Waals surface area contributed by atoms with Crippen LogP contribution in [0.2, 0.25) is 5.02 Å². The zero-order valence-corrected chi connectivity index (χ0v) is 17.0. The molecule has 5 nitrogen and oxygen atoms in total. The molecule has 1 saturated heterocycles. The van der Waals surface area contributed by atoms with Crippen LogP contribution in [0.4, 0.5) is 0 Å². The van der Waals surface area contributed by atoms with E-state index in [-0.39, 0.29) is 11.9 Å². The SMILES string of the molecule is O=C(c1ccc2ccccc2n1)N1CCC[C@H]1c1ncc(Cc2cccc(Cl)c2)o1. The normalized spacial score (nSPS) is 16.3. The number of halogens is 1. The van der Waals surface area contributed by atoms with Gasteiger partial charge in [0.25, 0.3) is 5.91 Å². The van der Waals surface area contributed by atoms with Crippen LogP contribution >= 0.6 is 11.6 Å². The lowest BCUT2D eigenvalue weighted by molar-refractivity contribution is 0.0709. The lowest BCUT2D eigenvalue weighted by Crippen LogP contribution is -2.31. The van der Waals surface area contributed by atoms with Crippen LogP contribution in [0.15, 0.2) is 71.3 Å². The molecule has 0 spiro atoms. The van der Waals surface area contributed by atoms with Gasteiger partial charge in [-0.15, -0.1) is 0 Å². The predicted octanol–water partition coefficient (Wildman–Crippen LogP) is 5.44. The number of carbonyl (C=O) groups excluding carboxylic acids is 1. The molecule has 1 aliphatic heterocycles. The zero-order valence-electron chi connectivity index (χ0n) is 16.3. The van der Waals surface area contributed by atoms with Crippen LogP contribution in [-0.2, 0) is 6.42 Å². The number of aromatic nitrogens is 2. The van der Waals surface area contributed by atoms with Gasteiger partial charge >= 0.3 is 0 Å². The molecule has 1 aliphatic rings. The minimum atomic E-state index is -0.168. The average molecular weight is 418 g/mol. The Morgan fingerprint density at radius 3 is 2.93 bits per heavy atom. The van der Waals surface area contributed by atoms with Crippen molar-refractivity contribution in [1.29, 1.82) is 0 Å². The Balaban J connectivity index is 1.37. The van der Waals surface area contributed by atoms with Gasteiger partial charge in [-0.05, 0) is 42.7 Å². The van der Waals surface area contributed by atoms with Gasteiger partial charge in [0.2, 0.25) is 5.89 Å². The third-order valence-electron chi connectivity index (χ3n) is 5.46. The summed E-state index contributed by atoms with van der Waals surface area (Å²) in [6.07, 6.45) is 4.10. The highest BCUT2D eigenvalue weighted by atomic mass is 35.5. The monoisotopic (exact) mass is 417 g/mol. The second kappa shape index (κ2) is 7.92. The molecule has 0 aliphatic carbocycles. The molecule has 30 heavy (non-hydrogen) atoms. The van der Waals surface area contributed by atoms with Crippen molar-refractivity contribution < 1.29 is 9.21 Å². The first-order chi connectivity index (χ1) is 14.7. The molecule has 2 aromatic heterocycles. The van der Waals surface area contributed by atoms with Gasteiger partial charge < -0.3 is 9.32 Å². The number of carbonyl (C=O) groups is 1. The van der Waals surface area contributed by atoms with Crippen LogP contribution in [0.25, 0.3) is 10.9 Å². The van der Waals surface area contributed by atoms with E-state index >= 15 is 0 Å². The van der Waals surface area contributed by atoms with E-state index in [9.17, 15) is 4.79 Å². The molecule has 0 radical (unpaired) electrons. The molecule has 4 aromatic rings. The first-order valence-corrected chi connectivity index (χ1v) is 10.4. The molecule has 1 amide bonds. The summed E-state index contributed by atoms with van der Waals surface area (Å²) in [5.41, 5.74) is 2.33. The first kappa shape index (κ1) is 18.8. The molecular formula is C24H20ClN3O2. The number of para-hydroxylation sites is 1. The van der Waals surface area contributed by atoms with E-state index in [1.165, 1.54) is 0 Å². The van der Waals surface area contributed by atoms with E-state index in [0.29, 0.717) is 29.6 Å². The first-order valence-electron chi connectivity index (χ1n) is 10.0. The van der Waals surface area contributed by atoms with Crippen molar-refractivity contribution in [1.82, 2.24) is 14.9 Å². The van der Waals surface area contributed by atoms with E-state index in [1.54, 1.807) is 12.3 Å². The minimum Gasteiger partial charge on any atom is -0.443 e. The van der Waals surface area contributed by atoms with Crippen LogP contribution in [0.5, 0.6) is 0 Å². The topological polar surface area (TPSA) is 59.2 Å². The van der Waals surface area contributed by atoms with Crippen molar-refractivity contribution in [2.24, 2.45) is 0 Å². The molecule has 3 heterocycles. The summed E-state index contributed by atoms with van der Waals surface area (Å²) in [4.78, 5) is 24.1. The highest BCUT2D eigenvalue weighted by Gasteiger charge is 2.34. The Bertz CT molecular complexity index is 1220. The standard InChI is InChI=1S/C24H20ClN3O2/c25-18-7-3-5-16(13-18)14-19-15-26-23(30-19)22-9-4-12-28(22)24(29)21-11-10-17-6-1-2-8-20(17)27-21/h1-3,5-8,10-11,13,15,22H,4,9,12,14H2/t22-/m0/s1. The second-order valence-electron chi connectivity index (χ2n) is 7.52. The Labute approximate surface area is 179 Å². The van der Waals surface area contributed by atoms with Gasteiger partial charge in [-0.25, -0.2) is 9.97 Å². The molecule has 1 atom stereocenters. The van der Waals surface area contributed by atoms with Gasteiger partial charge in [0, 0.05) is 23.4 Å². The fraction of sp³-hybridized carbons (Fsp3) is 0.208. The lowest BCUT2D eigenvalue weighted by atomic mass is 10.1. The van der Waals surface area contributed by atoms with Crippen molar-refractivity contribution in [3.63, 3.8) is 0 Å². The fourth-order valence-electron chi connectivity index (χ4n) is 4.01. The zero-order chi connectivity index (χ0) is 20.5. The number of likely N-dealkylation sites (tertiary alicyclic amines) is 1. The van der Waals surface area contributed by atoms with Crippen molar-refractivity contribution in [3.05, 3.63) is 94.8 Å². The number of hydrogen-bond donors (Lipinski definition) is 0. The van der Waals surface area contributed by atoms with Crippen LogP contribution in [0, 0.1) is 0 Å². The number of nitrogens with zero attached hydrogens (tertiary/aromatic N) is 3. The molecule has 0 N–H and O–H groups in total. The molecule has 1 fully saturated rings. The Kier molecular flexibility index (Phi) is 4.97. The van der Waals surface area contributed by atoms with Gasteiger partial charge in [-0.1, -0.05) is 48.0 Å². The predicted molar refractivity (Wildman–Crippen MR) is 116 cm³/mol. The van der Waals surface area contributed by atoms with Crippen LogP contribution in [0.3, 0.4) is 0 Å². The maximum Gasteiger partial charge on any atom is 0.273 e. The van der Waals surface area contributed by atoms with E-state index in [0.717, 1.165) is 35.1 Å². The van der Waals surface area contributed by atoms with Gasteiger partial charge in [0.05, 0.1) is 11.7 Å². The van der Waals surface area contributed by atoms with E-state index in [1.807, 2.05) is 59.5 Å². The minimum absolute atomic E-state index is 0.0853. The highest BCUT2D eigenvalue weighted by molar-refractivity contribution is 6.30. The molecule has 150 valence electrons. The van der Waals surface area contributed by atoms with E-state index in [4.69, 9.17) is 16.0 Å². The Hall–Kier alpha value is -3.18. The van der Waals surface area contributed by atoms with Crippen LogP contribution in [0.1, 0.15) is 46.6 Å². The maximum atomic E-state index is 13.2. The molecule has 0 unspecified atom stereocenters. The quantitative estimate of drug-likeness (QED) is 0.443. The summed E-state index contributed by atoms with van der Waals surface area (Å²) in [5.74, 6) is 1.26. The molecule has 5 rings (SSSR count). The third kappa shape index (κ3) is 3.68. The fourth-order valence-corrected chi connectivity index (χ4v) is 4.22. The summed E-state index contributed by atoms with van der Waals surface area (Å²) in [6, 6.07) is 19.1. The molecule has 6 heteroatoms. The molecule has 0 bridgehead atoms. The van der Waals surface area contributed by atoms with Crippen LogP contribution in [-0.4, -0.2) is 27.3 Å². The third-order valence-corrected chi connectivity index (χ3v) is 5.69. The number of oxazole rings is 1. The number of rotatable bonds is 4. The van der Waals surface area contributed by atoms with Gasteiger partial charge in [-0.2, -0.15) is 0 Å². The van der Waals surface area contributed by atoms with E-state index in [2.05, 4.69) is 9.97 Å². The maximum absolute atomic E-state index is 13.2. The van der Waals surface area contributed by atoms with Crippen molar-refractivity contribution in [2.45, 2.75) is 25.3 Å². The van der Waals surface area contributed by atoms with Crippen LogP contribution < -0.4 is 0 Å². The number of fused-ring (bicyclic) bond motifs is 1. The second-order valence-corrected chi connectivity index (χ2v) is 7.95. The summed E-state index contributed by atoms with van der Waals surface area (Å²) < 4.78 is 6.03. The Morgan fingerprint density at radius 2 is 2.03 bits per heavy atom. The number of pyridine rings is 1. The lowest BCUT2D eigenvalue weighted by Gasteiger charge is -2.22. The smallest absolute Gasteiger partial charge is 0.273 e. The summed E-state index contributed by atoms with van der Waals surface area (Å²) in [6.45, 7) is 0.671. The Morgan fingerprint density at radius 1 is 1.13 bits per heavy atom. The summed E-state index contributed by atoms with van der Waals surface area (Å²) >= 11 is 6.07. The number of hydrogen-bond acceptors (Lipinski definition) is 4. The average Bonchev–Trinajstić information content (AvgIpc) is 3.42. The summed E-state index contributed by atoms with van der Waals surface area (Å²) in [5, 5.41) is 1.72. The largest absolute Gasteiger partial charge is 0.443 e. The van der Waals surface area contributed by atoms with Crippen molar-refractivity contribution in [3.8, 4) is 0 Å².